The first-order valence-electron chi connectivity index (χ1n) is 8.41. The number of pyridine rings is 1. The van der Waals surface area contributed by atoms with Crippen molar-refractivity contribution < 1.29 is 0 Å². The number of aromatic nitrogens is 1. The van der Waals surface area contributed by atoms with Gasteiger partial charge in [0, 0.05) is 12.6 Å². The van der Waals surface area contributed by atoms with Gasteiger partial charge in [-0.3, -0.25) is 4.79 Å². The minimum absolute atomic E-state index is 0.122. The average molecular weight is 285 g/mol. The summed E-state index contributed by atoms with van der Waals surface area (Å²) in [5.74, 6) is 0. The van der Waals surface area contributed by atoms with Gasteiger partial charge in [0.05, 0.1) is 5.52 Å². The zero-order valence-electron chi connectivity index (χ0n) is 13.2. The Labute approximate surface area is 127 Å². The molecule has 0 aliphatic heterocycles. The van der Waals surface area contributed by atoms with E-state index in [1.807, 2.05) is 28.8 Å². The zero-order valence-corrected chi connectivity index (χ0v) is 13.2. The summed E-state index contributed by atoms with van der Waals surface area (Å²) in [5.41, 5.74) is 1.18. The maximum absolute atomic E-state index is 12.0. The standard InChI is InChI=1S/C19H27NO/c1-2-3-4-5-6-7-8-11-16-20-18-13-10-9-12-17(18)14-15-19(20)21/h9-10,12-15H,2-8,11,16H2,1H3. The number of aryl methyl sites for hydroxylation is 1. The van der Waals surface area contributed by atoms with E-state index in [2.05, 4.69) is 13.0 Å². The van der Waals surface area contributed by atoms with Gasteiger partial charge in [-0.1, -0.05) is 70.1 Å². The minimum atomic E-state index is 0.122. The van der Waals surface area contributed by atoms with Gasteiger partial charge >= 0.3 is 0 Å². The highest BCUT2D eigenvalue weighted by molar-refractivity contribution is 5.78. The van der Waals surface area contributed by atoms with Crippen LogP contribution in [-0.2, 0) is 6.54 Å². The number of nitrogens with zero attached hydrogens (tertiary/aromatic N) is 1. The van der Waals surface area contributed by atoms with Gasteiger partial charge < -0.3 is 4.57 Å². The maximum atomic E-state index is 12.0. The van der Waals surface area contributed by atoms with E-state index in [4.69, 9.17) is 0 Å². The van der Waals surface area contributed by atoms with E-state index >= 15 is 0 Å². The molecule has 1 aromatic heterocycles. The van der Waals surface area contributed by atoms with Gasteiger partial charge in [-0.15, -0.1) is 0 Å². The second kappa shape index (κ2) is 8.66. The number of hydrogen-bond acceptors (Lipinski definition) is 1. The number of rotatable bonds is 9. The molecule has 2 aromatic rings. The van der Waals surface area contributed by atoms with Gasteiger partial charge in [0.2, 0.25) is 0 Å². The van der Waals surface area contributed by atoms with Crippen LogP contribution in [0.2, 0.25) is 0 Å². The van der Waals surface area contributed by atoms with E-state index in [1.165, 1.54) is 44.9 Å². The lowest BCUT2D eigenvalue weighted by Crippen LogP contribution is -2.19. The lowest BCUT2D eigenvalue weighted by Gasteiger charge is -2.09. The maximum Gasteiger partial charge on any atom is 0.251 e. The second-order valence-electron chi connectivity index (χ2n) is 5.86. The lowest BCUT2D eigenvalue weighted by atomic mass is 10.1. The zero-order chi connectivity index (χ0) is 14.9. The van der Waals surface area contributed by atoms with Crippen LogP contribution in [0.1, 0.15) is 58.3 Å². The summed E-state index contributed by atoms with van der Waals surface area (Å²) in [4.78, 5) is 12.0. The number of unbranched alkanes of at least 4 members (excludes halogenated alkanes) is 7. The molecule has 0 spiro atoms. The third-order valence-corrected chi connectivity index (χ3v) is 4.13. The first-order valence-corrected chi connectivity index (χ1v) is 8.41. The summed E-state index contributed by atoms with van der Waals surface area (Å²) in [5, 5.41) is 1.15. The molecular weight excluding hydrogens is 258 g/mol. The van der Waals surface area contributed by atoms with Crippen molar-refractivity contribution in [3.05, 3.63) is 46.8 Å². The monoisotopic (exact) mass is 285 g/mol. The van der Waals surface area contributed by atoms with Crippen LogP contribution in [0, 0.1) is 0 Å². The molecule has 2 heteroatoms. The first kappa shape index (κ1) is 15.8. The Balaban J connectivity index is 1.81. The van der Waals surface area contributed by atoms with Crippen LogP contribution >= 0.6 is 0 Å². The summed E-state index contributed by atoms with van der Waals surface area (Å²) in [6, 6.07) is 11.7. The smallest absolute Gasteiger partial charge is 0.251 e. The number of para-hydroxylation sites is 1. The third-order valence-electron chi connectivity index (χ3n) is 4.13. The van der Waals surface area contributed by atoms with Crippen molar-refractivity contribution in [2.75, 3.05) is 0 Å². The quantitative estimate of drug-likeness (QED) is 0.584. The van der Waals surface area contributed by atoms with Crippen LogP contribution in [-0.4, -0.2) is 4.57 Å². The molecule has 1 aromatic carbocycles. The molecular formula is C19H27NO. The van der Waals surface area contributed by atoms with Gasteiger partial charge in [-0.2, -0.15) is 0 Å². The summed E-state index contributed by atoms with van der Waals surface area (Å²) < 4.78 is 1.92. The van der Waals surface area contributed by atoms with E-state index in [1.54, 1.807) is 6.07 Å². The van der Waals surface area contributed by atoms with Crippen LogP contribution in [0.4, 0.5) is 0 Å². The van der Waals surface area contributed by atoms with Gasteiger partial charge in [0.1, 0.15) is 0 Å². The molecule has 0 saturated heterocycles. The molecule has 0 amide bonds. The Hall–Kier alpha value is -1.57. The van der Waals surface area contributed by atoms with Gasteiger partial charge in [0.15, 0.2) is 0 Å². The highest BCUT2D eigenvalue weighted by Crippen LogP contribution is 2.13. The first-order chi connectivity index (χ1) is 10.3. The Kier molecular flexibility index (Phi) is 6.52. The average Bonchev–Trinajstić information content (AvgIpc) is 2.51. The number of fused-ring (bicyclic) bond motifs is 1. The predicted molar refractivity (Wildman–Crippen MR) is 90.8 cm³/mol. The molecule has 2 nitrogen and oxygen atoms in total. The van der Waals surface area contributed by atoms with E-state index in [-0.39, 0.29) is 5.56 Å². The molecule has 0 atom stereocenters. The van der Waals surface area contributed by atoms with Gasteiger partial charge in [-0.05, 0) is 23.9 Å². The molecule has 2 rings (SSSR count). The summed E-state index contributed by atoms with van der Waals surface area (Å²) >= 11 is 0. The molecule has 0 unspecified atom stereocenters. The Morgan fingerprint density at radius 1 is 0.810 bits per heavy atom. The SMILES string of the molecule is CCCCCCCCCCn1c(=O)ccc2ccccc21. The predicted octanol–water partition coefficient (Wildman–Crippen LogP) is 5.14. The second-order valence-corrected chi connectivity index (χ2v) is 5.86. The largest absolute Gasteiger partial charge is 0.308 e. The Bertz CT molecular complexity index is 600. The van der Waals surface area contributed by atoms with E-state index in [0.717, 1.165) is 23.9 Å². The summed E-state index contributed by atoms with van der Waals surface area (Å²) in [6.45, 7) is 3.09. The summed E-state index contributed by atoms with van der Waals surface area (Å²) in [6.07, 6.45) is 10.4. The number of hydrogen-bond donors (Lipinski definition) is 0. The fraction of sp³-hybridized carbons (Fsp3) is 0.526. The van der Waals surface area contributed by atoms with Crippen molar-refractivity contribution in [1.82, 2.24) is 4.57 Å². The third kappa shape index (κ3) is 4.73. The summed E-state index contributed by atoms with van der Waals surface area (Å²) in [7, 11) is 0. The van der Waals surface area contributed by atoms with Gasteiger partial charge in [0.25, 0.3) is 5.56 Å². The normalized spacial score (nSPS) is 11.1. The van der Waals surface area contributed by atoms with Crippen LogP contribution in [0.15, 0.2) is 41.2 Å². The molecule has 114 valence electrons. The molecule has 0 saturated carbocycles. The minimum Gasteiger partial charge on any atom is -0.308 e. The van der Waals surface area contributed by atoms with Gasteiger partial charge in [-0.25, -0.2) is 0 Å². The Morgan fingerprint density at radius 3 is 2.24 bits per heavy atom. The molecule has 0 aliphatic rings. The van der Waals surface area contributed by atoms with Crippen molar-refractivity contribution >= 4 is 10.9 Å². The van der Waals surface area contributed by atoms with Crippen LogP contribution < -0.4 is 5.56 Å². The van der Waals surface area contributed by atoms with E-state index < -0.39 is 0 Å². The van der Waals surface area contributed by atoms with Crippen LogP contribution in [0.3, 0.4) is 0 Å². The van der Waals surface area contributed by atoms with Crippen molar-refractivity contribution in [1.29, 1.82) is 0 Å². The van der Waals surface area contributed by atoms with Crippen molar-refractivity contribution in [3.63, 3.8) is 0 Å². The van der Waals surface area contributed by atoms with E-state index in [0.29, 0.717) is 0 Å². The fourth-order valence-electron chi connectivity index (χ4n) is 2.88. The molecule has 0 bridgehead atoms. The van der Waals surface area contributed by atoms with Crippen LogP contribution in [0.5, 0.6) is 0 Å². The van der Waals surface area contributed by atoms with E-state index in [9.17, 15) is 4.79 Å². The molecule has 0 fully saturated rings. The topological polar surface area (TPSA) is 22.0 Å². The fourth-order valence-corrected chi connectivity index (χ4v) is 2.88. The Morgan fingerprint density at radius 2 is 1.48 bits per heavy atom. The highest BCUT2D eigenvalue weighted by atomic mass is 16.1. The molecule has 0 N–H and O–H groups in total. The van der Waals surface area contributed by atoms with Crippen molar-refractivity contribution in [3.8, 4) is 0 Å². The van der Waals surface area contributed by atoms with Crippen molar-refractivity contribution in [2.24, 2.45) is 0 Å². The van der Waals surface area contributed by atoms with Crippen molar-refractivity contribution in [2.45, 2.75) is 64.8 Å². The molecule has 0 radical (unpaired) electrons. The van der Waals surface area contributed by atoms with Crippen LogP contribution in [0.25, 0.3) is 10.9 Å². The molecule has 1 heterocycles. The lowest BCUT2D eigenvalue weighted by molar-refractivity contribution is 0.544. The molecule has 21 heavy (non-hydrogen) atoms. The molecule has 0 aliphatic carbocycles. The number of benzene rings is 1. The highest BCUT2D eigenvalue weighted by Gasteiger charge is 2.02.